The van der Waals surface area contributed by atoms with Crippen LogP contribution in [-0.2, 0) is 6.18 Å². The molecule has 1 heterocycles. The van der Waals surface area contributed by atoms with Crippen LogP contribution in [0.1, 0.15) is 31.0 Å². The van der Waals surface area contributed by atoms with E-state index in [1.807, 2.05) is 13.8 Å². The van der Waals surface area contributed by atoms with Gasteiger partial charge >= 0.3 is 6.18 Å². The van der Waals surface area contributed by atoms with Crippen LogP contribution < -0.4 is 5.73 Å². The number of hydrogen-bond donors (Lipinski definition) is 1. The van der Waals surface area contributed by atoms with Gasteiger partial charge in [-0.15, -0.1) is 0 Å². The van der Waals surface area contributed by atoms with Gasteiger partial charge in [0.15, 0.2) is 5.82 Å². The van der Waals surface area contributed by atoms with E-state index in [1.54, 1.807) is 0 Å². The van der Waals surface area contributed by atoms with Gasteiger partial charge in [0.05, 0.1) is 5.56 Å². The molecule has 0 aliphatic heterocycles. The Hall–Kier alpha value is -2.18. The molecule has 1 aromatic heterocycles. The molecule has 21 heavy (non-hydrogen) atoms. The highest BCUT2D eigenvalue weighted by atomic mass is 19.4. The summed E-state index contributed by atoms with van der Waals surface area (Å²) in [4.78, 5) is 7.93. The van der Waals surface area contributed by atoms with Gasteiger partial charge in [0, 0.05) is 17.3 Å². The topological polar surface area (TPSA) is 51.8 Å². The molecule has 0 amide bonds. The summed E-state index contributed by atoms with van der Waals surface area (Å²) in [5.41, 5.74) is 4.72. The fraction of sp³-hybridized carbons (Fsp3) is 0.286. The maximum absolute atomic E-state index is 13.1. The molecule has 0 atom stereocenters. The van der Waals surface area contributed by atoms with Crippen LogP contribution in [0.15, 0.2) is 24.3 Å². The molecule has 2 N–H and O–H groups in total. The first-order valence-electron chi connectivity index (χ1n) is 6.20. The largest absolute Gasteiger partial charge is 0.417 e. The van der Waals surface area contributed by atoms with Crippen molar-refractivity contribution in [1.29, 1.82) is 0 Å². The first-order chi connectivity index (χ1) is 9.68. The molecule has 0 aliphatic rings. The zero-order valence-electron chi connectivity index (χ0n) is 11.4. The van der Waals surface area contributed by atoms with Crippen LogP contribution in [-0.4, -0.2) is 9.97 Å². The van der Waals surface area contributed by atoms with E-state index in [0.29, 0.717) is 11.8 Å². The van der Waals surface area contributed by atoms with Crippen molar-refractivity contribution < 1.29 is 17.6 Å². The summed E-state index contributed by atoms with van der Waals surface area (Å²) in [6.45, 7) is 3.67. The maximum atomic E-state index is 13.1. The Balaban J connectivity index is 2.67. The van der Waals surface area contributed by atoms with Crippen molar-refractivity contribution in [3.63, 3.8) is 0 Å². The van der Waals surface area contributed by atoms with E-state index in [0.717, 1.165) is 12.1 Å². The molecule has 0 saturated heterocycles. The number of nitrogens with zero attached hydrogens (tertiary/aromatic N) is 2. The zero-order chi connectivity index (χ0) is 15.8. The minimum Gasteiger partial charge on any atom is -0.384 e. The Labute approximate surface area is 118 Å². The lowest BCUT2D eigenvalue weighted by atomic mass is 10.0. The summed E-state index contributed by atoms with van der Waals surface area (Å²) < 4.78 is 52.2. The predicted molar refractivity (Wildman–Crippen MR) is 70.9 cm³/mol. The molecule has 0 unspecified atom stereocenters. The third-order valence-electron chi connectivity index (χ3n) is 2.89. The fourth-order valence-corrected chi connectivity index (χ4v) is 1.85. The molecule has 0 radical (unpaired) electrons. The molecule has 0 saturated carbocycles. The molecule has 112 valence electrons. The van der Waals surface area contributed by atoms with Crippen molar-refractivity contribution >= 4 is 5.82 Å². The first kappa shape index (κ1) is 15.2. The van der Waals surface area contributed by atoms with Crippen LogP contribution in [0.4, 0.5) is 23.4 Å². The second kappa shape index (κ2) is 5.31. The number of nitrogens with two attached hydrogens (primary N) is 1. The third-order valence-corrected chi connectivity index (χ3v) is 2.89. The summed E-state index contributed by atoms with van der Waals surface area (Å²) in [7, 11) is 0. The SMILES string of the molecule is CC(C)c1cc(N)nc(-c2ccc(F)cc2C(F)(F)F)n1. The Bertz CT molecular complexity index is 666. The zero-order valence-corrected chi connectivity index (χ0v) is 11.4. The van der Waals surface area contributed by atoms with E-state index in [4.69, 9.17) is 5.73 Å². The van der Waals surface area contributed by atoms with Gasteiger partial charge in [-0.05, 0) is 24.1 Å². The van der Waals surface area contributed by atoms with Crippen LogP contribution in [0.2, 0.25) is 0 Å². The van der Waals surface area contributed by atoms with Gasteiger partial charge < -0.3 is 5.73 Å². The van der Waals surface area contributed by atoms with E-state index >= 15 is 0 Å². The predicted octanol–water partition coefficient (Wildman–Crippen LogP) is 4.01. The van der Waals surface area contributed by atoms with Crippen molar-refractivity contribution in [2.45, 2.75) is 25.9 Å². The van der Waals surface area contributed by atoms with E-state index in [9.17, 15) is 17.6 Å². The molecule has 0 spiro atoms. The van der Waals surface area contributed by atoms with Gasteiger partial charge in [-0.3, -0.25) is 0 Å². The highest BCUT2D eigenvalue weighted by Crippen LogP contribution is 2.36. The standard InChI is InChI=1S/C14H13F4N3/c1-7(2)11-6-12(19)21-13(20-11)9-4-3-8(15)5-10(9)14(16,17)18/h3-7H,1-2H3,(H2,19,20,21). The Kier molecular flexibility index (Phi) is 3.85. The van der Waals surface area contributed by atoms with Crippen molar-refractivity contribution in [3.8, 4) is 11.4 Å². The minimum atomic E-state index is -4.70. The van der Waals surface area contributed by atoms with Crippen LogP contribution in [0.3, 0.4) is 0 Å². The smallest absolute Gasteiger partial charge is 0.384 e. The number of halogens is 4. The van der Waals surface area contributed by atoms with Crippen LogP contribution in [0, 0.1) is 5.82 Å². The molecule has 2 rings (SSSR count). The van der Waals surface area contributed by atoms with Crippen molar-refractivity contribution in [2.75, 3.05) is 5.73 Å². The molecule has 0 bridgehead atoms. The maximum Gasteiger partial charge on any atom is 0.417 e. The summed E-state index contributed by atoms with van der Waals surface area (Å²) in [5, 5.41) is 0. The molecule has 0 fully saturated rings. The molecule has 3 nitrogen and oxygen atoms in total. The second-order valence-corrected chi connectivity index (χ2v) is 4.88. The van der Waals surface area contributed by atoms with Crippen LogP contribution in [0.25, 0.3) is 11.4 Å². The van der Waals surface area contributed by atoms with Gasteiger partial charge in [-0.2, -0.15) is 13.2 Å². The Morgan fingerprint density at radius 2 is 1.76 bits per heavy atom. The van der Waals surface area contributed by atoms with Crippen molar-refractivity contribution in [3.05, 3.63) is 41.3 Å². The highest BCUT2D eigenvalue weighted by Gasteiger charge is 2.35. The fourth-order valence-electron chi connectivity index (χ4n) is 1.85. The molecule has 7 heteroatoms. The van der Waals surface area contributed by atoms with Gasteiger partial charge in [0.1, 0.15) is 11.6 Å². The van der Waals surface area contributed by atoms with Gasteiger partial charge in [-0.25, -0.2) is 14.4 Å². The first-order valence-corrected chi connectivity index (χ1v) is 6.20. The van der Waals surface area contributed by atoms with E-state index in [1.165, 1.54) is 6.07 Å². The van der Waals surface area contributed by atoms with E-state index < -0.39 is 17.6 Å². The molecular formula is C14H13F4N3. The molecular weight excluding hydrogens is 286 g/mol. The third kappa shape index (κ3) is 3.29. The molecule has 0 aliphatic carbocycles. The summed E-state index contributed by atoms with van der Waals surface area (Å²) >= 11 is 0. The lowest BCUT2D eigenvalue weighted by molar-refractivity contribution is -0.137. The van der Waals surface area contributed by atoms with Gasteiger partial charge in [0.25, 0.3) is 0 Å². The monoisotopic (exact) mass is 299 g/mol. The van der Waals surface area contributed by atoms with Gasteiger partial charge in [0.2, 0.25) is 0 Å². The summed E-state index contributed by atoms with van der Waals surface area (Å²) in [6, 6.07) is 3.88. The highest BCUT2D eigenvalue weighted by molar-refractivity contribution is 5.62. The van der Waals surface area contributed by atoms with Crippen molar-refractivity contribution in [2.24, 2.45) is 0 Å². The van der Waals surface area contributed by atoms with Crippen LogP contribution >= 0.6 is 0 Å². The van der Waals surface area contributed by atoms with E-state index in [-0.39, 0.29) is 23.1 Å². The summed E-state index contributed by atoms with van der Waals surface area (Å²) in [5.74, 6) is -1.09. The number of aromatic nitrogens is 2. The minimum absolute atomic E-state index is 0.0242. The average Bonchev–Trinajstić information content (AvgIpc) is 2.36. The normalized spacial score (nSPS) is 12.0. The lowest BCUT2D eigenvalue weighted by Gasteiger charge is -2.14. The Morgan fingerprint density at radius 1 is 1.10 bits per heavy atom. The number of alkyl halides is 3. The number of anilines is 1. The average molecular weight is 299 g/mol. The van der Waals surface area contributed by atoms with Gasteiger partial charge in [-0.1, -0.05) is 13.8 Å². The van der Waals surface area contributed by atoms with E-state index in [2.05, 4.69) is 9.97 Å². The molecule has 1 aromatic carbocycles. The molecule has 2 aromatic rings. The number of benzene rings is 1. The number of hydrogen-bond acceptors (Lipinski definition) is 3. The van der Waals surface area contributed by atoms with Crippen molar-refractivity contribution in [1.82, 2.24) is 9.97 Å². The van der Waals surface area contributed by atoms with Crippen LogP contribution in [0.5, 0.6) is 0 Å². The lowest BCUT2D eigenvalue weighted by Crippen LogP contribution is -2.10. The second-order valence-electron chi connectivity index (χ2n) is 4.88. The number of rotatable bonds is 2. The number of nitrogen functional groups attached to an aromatic ring is 1. The summed E-state index contributed by atoms with van der Waals surface area (Å²) in [6.07, 6.45) is -4.70. The quantitative estimate of drug-likeness (QED) is 0.852. The Morgan fingerprint density at radius 3 is 2.33 bits per heavy atom.